The number of carboxylic acid groups (broad SMARTS) is 1. The molecule has 0 aromatic rings. The summed E-state index contributed by atoms with van der Waals surface area (Å²) in [5.41, 5.74) is 0.987. The number of hydrogen-bond acceptors (Lipinski definition) is 4. The number of carbonyl (C=O) groups excluding carboxylic acids is 2. The largest absolute Gasteiger partial charge is 0.481 e. The minimum Gasteiger partial charge on any atom is -0.481 e. The summed E-state index contributed by atoms with van der Waals surface area (Å²) in [5.74, 6) is 1.71. The molecule has 0 saturated heterocycles. The fourth-order valence-electron chi connectivity index (χ4n) is 7.87. The molecule has 1 N–H and O–H groups in total. The fraction of sp³-hybridized carbons (Fsp3) is 0.800. The molecule has 0 aliphatic heterocycles. The molecule has 0 amide bonds. The van der Waals surface area contributed by atoms with Crippen molar-refractivity contribution in [2.45, 2.75) is 96.5 Å². The highest BCUT2D eigenvalue weighted by Crippen LogP contribution is 2.67. The lowest BCUT2D eigenvalue weighted by molar-refractivity contribution is -0.182. The van der Waals surface area contributed by atoms with Gasteiger partial charge in [0.25, 0.3) is 0 Å². The van der Waals surface area contributed by atoms with E-state index in [1.54, 1.807) is 0 Å². The third-order valence-electron chi connectivity index (χ3n) is 9.24. The fourth-order valence-corrected chi connectivity index (χ4v) is 7.87. The Morgan fingerprint density at radius 1 is 1.10 bits per heavy atom. The molecular weight excluding hydrogens is 380 g/mol. The van der Waals surface area contributed by atoms with Crippen LogP contribution in [0, 0.1) is 29.1 Å². The van der Waals surface area contributed by atoms with E-state index in [1.165, 1.54) is 5.57 Å². The average Bonchev–Trinajstić information content (AvgIpc) is 2.99. The van der Waals surface area contributed by atoms with Crippen LogP contribution >= 0.6 is 0 Å². The van der Waals surface area contributed by atoms with Gasteiger partial charge in [0.05, 0.1) is 0 Å². The van der Waals surface area contributed by atoms with E-state index in [9.17, 15) is 14.4 Å². The molecule has 4 aliphatic carbocycles. The van der Waals surface area contributed by atoms with Gasteiger partial charge in [0.2, 0.25) is 0 Å². The molecule has 166 valence electrons. The molecule has 0 heterocycles. The molecular formula is C25H36O5. The second-order valence-electron chi connectivity index (χ2n) is 10.3. The number of fused-ring (bicyclic) bond motifs is 5. The van der Waals surface area contributed by atoms with Crippen LogP contribution in [0.4, 0.5) is 0 Å². The Morgan fingerprint density at radius 3 is 2.63 bits per heavy atom. The summed E-state index contributed by atoms with van der Waals surface area (Å²) in [6.45, 7) is 4.39. The first kappa shape index (κ1) is 21.6. The van der Waals surface area contributed by atoms with Gasteiger partial charge in [-0.1, -0.05) is 12.5 Å². The molecule has 3 fully saturated rings. The second-order valence-corrected chi connectivity index (χ2v) is 10.3. The first-order valence-corrected chi connectivity index (χ1v) is 12.0. The van der Waals surface area contributed by atoms with Crippen molar-refractivity contribution in [3.05, 3.63) is 11.6 Å². The Hall–Kier alpha value is -1.65. The Morgan fingerprint density at radius 2 is 1.90 bits per heavy atom. The zero-order valence-corrected chi connectivity index (χ0v) is 18.5. The van der Waals surface area contributed by atoms with E-state index in [4.69, 9.17) is 9.84 Å². The second kappa shape index (κ2) is 8.12. The molecule has 0 spiro atoms. The van der Waals surface area contributed by atoms with Crippen LogP contribution in [-0.4, -0.2) is 28.4 Å². The monoisotopic (exact) mass is 416 g/mol. The van der Waals surface area contributed by atoms with Gasteiger partial charge in [-0.05, 0) is 94.5 Å². The maximum Gasteiger partial charge on any atom is 0.306 e. The predicted octanol–water partition coefficient (Wildman–Crippen LogP) is 5.08. The highest BCUT2D eigenvalue weighted by Gasteiger charge is 2.64. The molecule has 30 heavy (non-hydrogen) atoms. The number of esters is 1. The van der Waals surface area contributed by atoms with Crippen LogP contribution in [0.1, 0.15) is 90.9 Å². The summed E-state index contributed by atoms with van der Waals surface area (Å²) in [6, 6.07) is 0. The van der Waals surface area contributed by atoms with Gasteiger partial charge in [0, 0.05) is 24.7 Å². The minimum absolute atomic E-state index is 0.0108. The van der Waals surface area contributed by atoms with E-state index in [0.717, 1.165) is 51.4 Å². The zero-order valence-electron chi connectivity index (χ0n) is 18.5. The molecule has 0 bridgehead atoms. The molecule has 0 radical (unpaired) electrons. The number of ether oxygens (including phenoxy) is 1. The smallest absolute Gasteiger partial charge is 0.306 e. The maximum absolute atomic E-state index is 12.6. The van der Waals surface area contributed by atoms with Crippen molar-refractivity contribution in [1.82, 2.24) is 0 Å². The molecule has 3 saturated carbocycles. The van der Waals surface area contributed by atoms with Gasteiger partial charge >= 0.3 is 11.9 Å². The number of aliphatic carboxylic acids is 1. The standard InChI is InChI=1S/C25H36O5/c1-3-25-14-11-19-18-10-8-17(26)15-16(18)7-9-20(19)21(25)12-13-24(25,2)30-23(29)6-4-5-22(27)28/h15,18-21H,3-14H2,1-2H3,(H,27,28)/t18?,19?,20?,21?,24-,25?/m0/s1. The summed E-state index contributed by atoms with van der Waals surface area (Å²) in [6.07, 6.45) is 11.7. The van der Waals surface area contributed by atoms with Gasteiger partial charge in [0.1, 0.15) is 5.60 Å². The number of allylic oxidation sites excluding steroid dienone is 1. The van der Waals surface area contributed by atoms with E-state index in [1.807, 2.05) is 6.08 Å². The summed E-state index contributed by atoms with van der Waals surface area (Å²) in [5, 5.41) is 8.83. The average molecular weight is 417 g/mol. The predicted molar refractivity (Wildman–Crippen MR) is 113 cm³/mol. The van der Waals surface area contributed by atoms with Crippen molar-refractivity contribution in [2.75, 3.05) is 0 Å². The minimum atomic E-state index is -0.867. The van der Waals surface area contributed by atoms with Gasteiger partial charge in [-0.25, -0.2) is 0 Å². The van der Waals surface area contributed by atoms with Crippen LogP contribution in [0.2, 0.25) is 0 Å². The van der Waals surface area contributed by atoms with Gasteiger partial charge in [-0.2, -0.15) is 0 Å². The molecule has 5 unspecified atom stereocenters. The van der Waals surface area contributed by atoms with Crippen molar-refractivity contribution in [3.8, 4) is 0 Å². The van der Waals surface area contributed by atoms with Crippen LogP contribution in [0.15, 0.2) is 11.6 Å². The quantitative estimate of drug-likeness (QED) is 0.611. The van der Waals surface area contributed by atoms with Crippen LogP contribution in [0.5, 0.6) is 0 Å². The number of carbonyl (C=O) groups is 3. The Labute approximate surface area is 179 Å². The maximum atomic E-state index is 12.6. The molecule has 0 aromatic carbocycles. The summed E-state index contributed by atoms with van der Waals surface area (Å²) in [7, 11) is 0. The van der Waals surface area contributed by atoms with Crippen molar-refractivity contribution < 1.29 is 24.2 Å². The van der Waals surface area contributed by atoms with Gasteiger partial charge < -0.3 is 9.84 Å². The Balaban J connectivity index is 1.50. The number of ketones is 1. The van der Waals surface area contributed by atoms with Gasteiger partial charge in [-0.3, -0.25) is 14.4 Å². The lowest BCUT2D eigenvalue weighted by Gasteiger charge is -2.57. The summed E-state index contributed by atoms with van der Waals surface area (Å²) in [4.78, 5) is 35.2. The van der Waals surface area contributed by atoms with Crippen LogP contribution in [0.25, 0.3) is 0 Å². The van der Waals surface area contributed by atoms with Crippen LogP contribution in [-0.2, 0) is 19.1 Å². The Kier molecular flexibility index (Phi) is 5.84. The normalized spacial score (nSPS) is 40.1. The van der Waals surface area contributed by atoms with Gasteiger partial charge in [0.15, 0.2) is 5.78 Å². The van der Waals surface area contributed by atoms with Crippen LogP contribution in [0.3, 0.4) is 0 Å². The van der Waals surface area contributed by atoms with E-state index in [-0.39, 0.29) is 24.2 Å². The number of hydrogen-bond donors (Lipinski definition) is 1. The lowest BCUT2D eigenvalue weighted by atomic mass is 9.49. The molecule has 4 rings (SSSR count). The highest BCUT2D eigenvalue weighted by molar-refractivity contribution is 5.91. The van der Waals surface area contributed by atoms with Crippen molar-refractivity contribution in [3.63, 3.8) is 0 Å². The van der Waals surface area contributed by atoms with E-state index >= 15 is 0 Å². The SMILES string of the molecule is CCC12CCC3C4CCC(=O)C=C4CCC3C1CC[C@]2(C)OC(=O)CCCC(=O)O. The Bertz CT molecular complexity index is 755. The first-order valence-electron chi connectivity index (χ1n) is 12.0. The number of carboxylic acids is 1. The van der Waals surface area contributed by atoms with E-state index in [0.29, 0.717) is 42.3 Å². The van der Waals surface area contributed by atoms with Crippen molar-refractivity contribution in [2.24, 2.45) is 29.1 Å². The third kappa shape index (κ3) is 3.52. The molecule has 4 aliphatic rings. The number of rotatable bonds is 6. The highest BCUT2D eigenvalue weighted by atomic mass is 16.6. The topological polar surface area (TPSA) is 80.7 Å². The molecule has 5 nitrogen and oxygen atoms in total. The van der Waals surface area contributed by atoms with Crippen molar-refractivity contribution >= 4 is 17.7 Å². The van der Waals surface area contributed by atoms with E-state index in [2.05, 4.69) is 13.8 Å². The zero-order chi connectivity index (χ0) is 21.5. The van der Waals surface area contributed by atoms with E-state index < -0.39 is 11.6 Å². The lowest BCUT2D eigenvalue weighted by Crippen LogP contribution is -2.54. The van der Waals surface area contributed by atoms with Crippen molar-refractivity contribution in [1.29, 1.82) is 0 Å². The van der Waals surface area contributed by atoms with Gasteiger partial charge in [-0.15, -0.1) is 0 Å². The first-order chi connectivity index (χ1) is 14.3. The van der Waals surface area contributed by atoms with Crippen LogP contribution < -0.4 is 0 Å². The third-order valence-corrected chi connectivity index (χ3v) is 9.24. The molecule has 0 aromatic heterocycles. The summed E-state index contributed by atoms with van der Waals surface area (Å²) < 4.78 is 6.16. The molecule has 5 heteroatoms. The summed E-state index contributed by atoms with van der Waals surface area (Å²) >= 11 is 0. The molecule has 6 atom stereocenters.